The van der Waals surface area contributed by atoms with Crippen molar-refractivity contribution in [1.29, 1.82) is 0 Å². The van der Waals surface area contributed by atoms with Gasteiger partial charge in [-0.25, -0.2) is 9.59 Å². The number of carbonyl (C=O) groups is 2. The third-order valence-corrected chi connectivity index (χ3v) is 4.50. The maximum atomic E-state index is 13.0. The first-order valence-electron chi connectivity index (χ1n) is 8.88. The Balaban J connectivity index is 2.00. The zero-order chi connectivity index (χ0) is 20.0. The number of ether oxygens (including phenoxy) is 1. The highest BCUT2D eigenvalue weighted by atomic mass is 16.5. The van der Waals surface area contributed by atoms with Crippen molar-refractivity contribution in [2.24, 2.45) is 0 Å². The lowest BCUT2D eigenvalue weighted by Crippen LogP contribution is -2.57. The van der Waals surface area contributed by atoms with Crippen LogP contribution in [0.5, 0.6) is 0 Å². The van der Waals surface area contributed by atoms with Gasteiger partial charge in [0.15, 0.2) is 0 Å². The number of para-hydroxylation sites is 2. The average Bonchev–Trinajstić information content (AvgIpc) is 2.74. The topological polar surface area (TPSA) is 66.8 Å². The Bertz CT molecular complexity index is 889. The van der Waals surface area contributed by atoms with Crippen LogP contribution in [0.15, 0.2) is 91.0 Å². The van der Waals surface area contributed by atoms with Crippen LogP contribution in [-0.4, -0.2) is 22.6 Å². The summed E-state index contributed by atoms with van der Waals surface area (Å²) < 4.78 is 5.42. The van der Waals surface area contributed by atoms with Gasteiger partial charge in [-0.3, -0.25) is 0 Å². The summed E-state index contributed by atoms with van der Waals surface area (Å²) >= 11 is 0. The van der Waals surface area contributed by atoms with Gasteiger partial charge in [-0.2, -0.15) is 0 Å². The van der Waals surface area contributed by atoms with Crippen LogP contribution in [0.2, 0.25) is 0 Å². The van der Waals surface area contributed by atoms with Crippen molar-refractivity contribution in [2.45, 2.75) is 19.1 Å². The Labute approximate surface area is 163 Å². The number of anilines is 2. The van der Waals surface area contributed by atoms with Gasteiger partial charge < -0.3 is 14.7 Å². The summed E-state index contributed by atoms with van der Waals surface area (Å²) in [6.07, 6.45) is 0. The van der Waals surface area contributed by atoms with Crippen LogP contribution in [-0.2, 0) is 20.9 Å². The predicted molar refractivity (Wildman–Crippen MR) is 107 cm³/mol. The van der Waals surface area contributed by atoms with Gasteiger partial charge in [0, 0.05) is 11.4 Å². The van der Waals surface area contributed by atoms with Crippen LogP contribution < -0.4 is 4.90 Å². The number of nitrogens with zero attached hydrogens (tertiary/aromatic N) is 1. The number of aliphatic carboxylic acids is 1. The largest absolute Gasteiger partial charge is 0.479 e. The number of carbonyl (C=O) groups excluding carboxylic acids is 1. The highest BCUT2D eigenvalue weighted by molar-refractivity contribution is 6.09. The highest BCUT2D eigenvalue weighted by Crippen LogP contribution is 2.34. The normalized spacial score (nSPS) is 12.6. The van der Waals surface area contributed by atoms with E-state index in [2.05, 4.69) is 0 Å². The van der Waals surface area contributed by atoms with Gasteiger partial charge in [0.05, 0.1) is 0 Å². The third kappa shape index (κ3) is 3.88. The van der Waals surface area contributed by atoms with Gasteiger partial charge in [0.2, 0.25) is 5.54 Å². The summed E-state index contributed by atoms with van der Waals surface area (Å²) in [7, 11) is 0. The molecule has 0 heterocycles. The minimum atomic E-state index is -1.95. The van der Waals surface area contributed by atoms with E-state index >= 15 is 0 Å². The van der Waals surface area contributed by atoms with Crippen LogP contribution in [0.25, 0.3) is 0 Å². The fourth-order valence-electron chi connectivity index (χ4n) is 2.96. The molecule has 0 aliphatic carbocycles. The molecule has 3 aromatic carbocycles. The molecule has 0 spiro atoms. The van der Waals surface area contributed by atoms with E-state index in [9.17, 15) is 14.7 Å². The predicted octanol–water partition coefficient (Wildman–Crippen LogP) is 4.41. The molecule has 0 saturated carbocycles. The molecule has 0 aromatic heterocycles. The number of rotatable bonds is 7. The zero-order valence-corrected chi connectivity index (χ0v) is 15.5. The van der Waals surface area contributed by atoms with Crippen molar-refractivity contribution in [3.05, 3.63) is 96.6 Å². The maximum Gasteiger partial charge on any atom is 0.344 e. The third-order valence-electron chi connectivity index (χ3n) is 4.50. The molecular formula is C23H21NO4. The Morgan fingerprint density at radius 3 is 1.68 bits per heavy atom. The Morgan fingerprint density at radius 1 is 0.821 bits per heavy atom. The molecule has 1 atom stereocenters. The molecule has 5 heteroatoms. The summed E-state index contributed by atoms with van der Waals surface area (Å²) in [4.78, 5) is 26.8. The van der Waals surface area contributed by atoms with Gasteiger partial charge in [-0.1, -0.05) is 66.7 Å². The molecule has 3 aromatic rings. The zero-order valence-electron chi connectivity index (χ0n) is 15.5. The van der Waals surface area contributed by atoms with E-state index in [1.165, 1.54) is 11.8 Å². The molecule has 0 amide bonds. The van der Waals surface area contributed by atoms with Crippen LogP contribution >= 0.6 is 0 Å². The highest BCUT2D eigenvalue weighted by Gasteiger charge is 2.49. The number of hydrogen-bond acceptors (Lipinski definition) is 4. The van der Waals surface area contributed by atoms with Crippen molar-refractivity contribution >= 4 is 23.3 Å². The van der Waals surface area contributed by atoms with Crippen molar-refractivity contribution in [3.63, 3.8) is 0 Å². The van der Waals surface area contributed by atoms with Gasteiger partial charge in [0.25, 0.3) is 0 Å². The average molecular weight is 375 g/mol. The van der Waals surface area contributed by atoms with Gasteiger partial charge >= 0.3 is 11.9 Å². The minimum absolute atomic E-state index is 0.0000370. The SMILES string of the molecule is C[C@](C(=O)O)(C(=O)OCc1ccccc1)N(c1ccccc1)c1ccccc1. The minimum Gasteiger partial charge on any atom is -0.479 e. The fraction of sp³-hybridized carbons (Fsp3) is 0.130. The number of carboxylic acid groups (broad SMARTS) is 1. The molecule has 0 aliphatic heterocycles. The first-order valence-corrected chi connectivity index (χ1v) is 8.88. The summed E-state index contributed by atoms with van der Waals surface area (Å²) in [6, 6.07) is 27.1. The molecule has 1 N–H and O–H groups in total. The van der Waals surface area contributed by atoms with E-state index in [0.29, 0.717) is 11.4 Å². The van der Waals surface area contributed by atoms with Crippen molar-refractivity contribution in [3.8, 4) is 0 Å². The van der Waals surface area contributed by atoms with Crippen molar-refractivity contribution < 1.29 is 19.4 Å². The number of benzene rings is 3. The summed E-state index contributed by atoms with van der Waals surface area (Å²) in [5, 5.41) is 10.1. The van der Waals surface area contributed by atoms with E-state index < -0.39 is 17.5 Å². The van der Waals surface area contributed by atoms with Crippen molar-refractivity contribution in [2.75, 3.05) is 4.90 Å². The molecule has 0 unspecified atom stereocenters. The Hall–Kier alpha value is -3.60. The molecule has 28 heavy (non-hydrogen) atoms. The summed E-state index contributed by atoms with van der Waals surface area (Å²) in [5.41, 5.74) is -0.00242. The van der Waals surface area contributed by atoms with E-state index in [-0.39, 0.29) is 6.61 Å². The van der Waals surface area contributed by atoms with Crippen LogP contribution in [0, 0.1) is 0 Å². The Morgan fingerprint density at radius 2 is 1.25 bits per heavy atom. The van der Waals surface area contributed by atoms with Crippen LogP contribution in [0.3, 0.4) is 0 Å². The Kier molecular flexibility index (Phi) is 5.75. The fourth-order valence-corrected chi connectivity index (χ4v) is 2.96. The van der Waals surface area contributed by atoms with E-state index in [4.69, 9.17) is 4.74 Å². The monoisotopic (exact) mass is 375 g/mol. The first-order chi connectivity index (χ1) is 13.5. The van der Waals surface area contributed by atoms with Crippen molar-refractivity contribution in [1.82, 2.24) is 0 Å². The molecule has 0 bridgehead atoms. The second-order valence-electron chi connectivity index (χ2n) is 6.45. The molecule has 0 fully saturated rings. The van der Waals surface area contributed by atoms with Gasteiger partial charge in [-0.15, -0.1) is 0 Å². The second kappa shape index (κ2) is 8.39. The van der Waals surface area contributed by atoms with Crippen LogP contribution in [0.4, 0.5) is 11.4 Å². The second-order valence-corrected chi connectivity index (χ2v) is 6.45. The smallest absolute Gasteiger partial charge is 0.344 e. The van der Waals surface area contributed by atoms with Gasteiger partial charge in [0.1, 0.15) is 6.61 Å². The summed E-state index contributed by atoms with van der Waals surface area (Å²) in [5.74, 6) is -2.13. The van der Waals surface area contributed by atoms with E-state index in [1.807, 2.05) is 42.5 Å². The first kappa shape index (κ1) is 19.2. The molecule has 142 valence electrons. The molecule has 0 saturated heterocycles. The lowest BCUT2D eigenvalue weighted by molar-refractivity contribution is -0.160. The quantitative estimate of drug-likeness (QED) is 0.489. The molecule has 5 nitrogen and oxygen atoms in total. The molecule has 0 aliphatic rings. The maximum absolute atomic E-state index is 13.0. The van der Waals surface area contributed by atoms with E-state index in [1.54, 1.807) is 48.5 Å². The lowest BCUT2D eigenvalue weighted by Gasteiger charge is -2.37. The van der Waals surface area contributed by atoms with Crippen LogP contribution in [0.1, 0.15) is 12.5 Å². The number of carboxylic acids is 1. The summed E-state index contributed by atoms with van der Waals surface area (Å²) in [6.45, 7) is 1.36. The standard InChI is InChI=1S/C23H21NO4/c1-23(21(25)26,22(27)28-17-18-11-5-2-6-12-18)24(19-13-7-3-8-14-19)20-15-9-4-10-16-20/h2-16H,17H2,1H3,(H,25,26)/t23-/m0/s1. The number of esters is 1. The van der Waals surface area contributed by atoms with E-state index in [0.717, 1.165) is 5.56 Å². The van der Waals surface area contributed by atoms with Gasteiger partial charge in [-0.05, 0) is 36.8 Å². The molecule has 3 rings (SSSR count). The lowest BCUT2D eigenvalue weighted by atomic mass is 9.97. The molecule has 0 radical (unpaired) electrons. The number of hydrogen-bond donors (Lipinski definition) is 1. The molecular weight excluding hydrogens is 354 g/mol.